The number of allylic oxidation sites excluding steroid dienone is 1. The second-order valence-corrected chi connectivity index (χ2v) is 5.17. The van der Waals surface area contributed by atoms with Gasteiger partial charge in [-0.25, -0.2) is 0 Å². The second kappa shape index (κ2) is 2.98. The number of nitriles is 1. The van der Waals surface area contributed by atoms with E-state index in [1.54, 1.807) is 6.07 Å². The Bertz CT molecular complexity index is 207. The molecule has 0 saturated heterocycles. The molecular weight excluding hydrogens is 146 g/mol. The van der Waals surface area contributed by atoms with E-state index >= 15 is 0 Å². The van der Waals surface area contributed by atoms with Gasteiger partial charge < -0.3 is 0 Å². The zero-order valence-electron chi connectivity index (χ0n) is 6.47. The predicted molar refractivity (Wildman–Crippen MR) is 42.6 cm³/mol. The second-order valence-electron chi connectivity index (χ2n) is 2.92. The van der Waals surface area contributed by atoms with Crippen molar-refractivity contribution in [2.75, 3.05) is 0 Å². The Morgan fingerprint density at radius 2 is 2.00 bits per heavy atom. The van der Waals surface area contributed by atoms with Crippen LogP contribution in [0.3, 0.4) is 0 Å². The summed E-state index contributed by atoms with van der Waals surface area (Å²) in [5.41, 5.74) is 0. The lowest BCUT2D eigenvalue weighted by atomic mass is 10.3. The Hall–Kier alpha value is -0.620. The van der Waals surface area contributed by atoms with E-state index in [0.717, 1.165) is 0 Å². The Morgan fingerprint density at radius 1 is 1.60 bits per heavy atom. The van der Waals surface area contributed by atoms with Crippen LogP contribution in [0.5, 0.6) is 0 Å². The molecule has 0 radical (unpaired) electrons. The molecule has 0 amide bonds. The highest BCUT2D eigenvalue weighted by Gasteiger charge is 2.21. The number of nitrogens with zero attached hydrogens (tertiary/aromatic N) is 1. The van der Waals surface area contributed by atoms with Gasteiger partial charge in [0.2, 0.25) is 0 Å². The summed E-state index contributed by atoms with van der Waals surface area (Å²) in [6.07, 6.45) is 0. The molecule has 0 heterocycles. The molecule has 0 aliphatic heterocycles. The fourth-order valence-electron chi connectivity index (χ4n) is 0.411. The van der Waals surface area contributed by atoms with Crippen LogP contribution in [0, 0.1) is 11.3 Å². The van der Waals surface area contributed by atoms with Gasteiger partial charge in [-0.1, -0.05) is 6.58 Å². The zero-order valence-corrected chi connectivity index (χ0v) is 7.29. The molecule has 0 aliphatic rings. The van der Waals surface area contributed by atoms with E-state index in [1.807, 2.05) is 20.8 Å². The molecule has 2 nitrogen and oxygen atoms in total. The molecule has 0 aliphatic carbocycles. The average molecular weight is 157 g/mol. The van der Waals surface area contributed by atoms with Crippen molar-refractivity contribution in [3.8, 4) is 6.07 Å². The van der Waals surface area contributed by atoms with Crippen LogP contribution in [-0.4, -0.2) is 8.96 Å². The number of rotatable bonds is 1. The van der Waals surface area contributed by atoms with Gasteiger partial charge in [-0.2, -0.15) is 5.26 Å². The summed E-state index contributed by atoms with van der Waals surface area (Å²) in [4.78, 5) is 0.146. The van der Waals surface area contributed by atoms with E-state index < -0.39 is 10.8 Å². The van der Waals surface area contributed by atoms with Gasteiger partial charge in [-0.3, -0.25) is 4.21 Å². The molecule has 0 fully saturated rings. The van der Waals surface area contributed by atoms with Gasteiger partial charge in [0.05, 0.1) is 10.8 Å². The topological polar surface area (TPSA) is 40.9 Å². The first-order valence-electron chi connectivity index (χ1n) is 2.90. The quantitative estimate of drug-likeness (QED) is 0.542. The Balaban J connectivity index is 4.43. The van der Waals surface area contributed by atoms with Crippen LogP contribution >= 0.6 is 0 Å². The predicted octanol–water partition coefficient (Wildman–Crippen LogP) is 1.57. The van der Waals surface area contributed by atoms with Gasteiger partial charge in [0.25, 0.3) is 0 Å². The molecule has 10 heavy (non-hydrogen) atoms. The Labute approximate surface area is 64.0 Å². The third kappa shape index (κ3) is 2.32. The largest absolute Gasteiger partial charge is 0.253 e. The van der Waals surface area contributed by atoms with E-state index in [1.165, 1.54) is 0 Å². The highest BCUT2D eigenvalue weighted by Crippen LogP contribution is 2.16. The van der Waals surface area contributed by atoms with Crippen molar-refractivity contribution >= 4 is 10.8 Å². The first-order chi connectivity index (χ1) is 4.39. The van der Waals surface area contributed by atoms with Crippen molar-refractivity contribution in [2.24, 2.45) is 0 Å². The summed E-state index contributed by atoms with van der Waals surface area (Å²) < 4.78 is 10.8. The molecule has 1 unspecified atom stereocenters. The molecule has 0 aromatic carbocycles. The van der Waals surface area contributed by atoms with Crippen LogP contribution in [0.1, 0.15) is 20.8 Å². The van der Waals surface area contributed by atoms with E-state index in [-0.39, 0.29) is 9.65 Å². The van der Waals surface area contributed by atoms with E-state index in [2.05, 4.69) is 6.58 Å². The monoisotopic (exact) mass is 157 g/mol. The third-order valence-electron chi connectivity index (χ3n) is 0.905. The highest BCUT2D eigenvalue weighted by atomic mass is 32.2. The molecule has 3 heteroatoms. The molecule has 0 aromatic heterocycles. The third-order valence-corrected chi connectivity index (χ3v) is 2.56. The SMILES string of the molecule is C=C(C#N)S(=O)C(C)(C)C. The van der Waals surface area contributed by atoms with Crippen LogP contribution in [0.2, 0.25) is 0 Å². The minimum absolute atomic E-state index is 0.146. The maximum absolute atomic E-state index is 11.2. The van der Waals surface area contributed by atoms with Gasteiger partial charge in [-0.05, 0) is 20.8 Å². The lowest BCUT2D eigenvalue weighted by Gasteiger charge is -2.15. The molecule has 0 spiro atoms. The van der Waals surface area contributed by atoms with E-state index in [0.29, 0.717) is 0 Å². The highest BCUT2D eigenvalue weighted by molar-refractivity contribution is 7.90. The van der Waals surface area contributed by atoms with Crippen LogP contribution in [0.15, 0.2) is 11.5 Å². The maximum atomic E-state index is 11.2. The van der Waals surface area contributed by atoms with Crippen LogP contribution < -0.4 is 0 Å². The molecule has 1 atom stereocenters. The zero-order chi connectivity index (χ0) is 8.36. The molecule has 0 rings (SSSR count). The van der Waals surface area contributed by atoms with Crippen LogP contribution in [0.4, 0.5) is 0 Å². The van der Waals surface area contributed by atoms with Gasteiger partial charge >= 0.3 is 0 Å². The first kappa shape index (κ1) is 9.38. The van der Waals surface area contributed by atoms with Crippen LogP contribution in [-0.2, 0) is 10.8 Å². The normalized spacial score (nSPS) is 13.8. The summed E-state index contributed by atoms with van der Waals surface area (Å²) in [7, 11) is -1.24. The average Bonchev–Trinajstić information content (AvgIpc) is 1.83. The maximum Gasteiger partial charge on any atom is 0.109 e. The van der Waals surface area contributed by atoms with E-state index in [9.17, 15) is 4.21 Å². The van der Waals surface area contributed by atoms with Gasteiger partial charge in [0, 0.05) is 4.75 Å². The molecule has 0 bridgehead atoms. The van der Waals surface area contributed by atoms with Crippen molar-refractivity contribution in [1.29, 1.82) is 5.26 Å². The lowest BCUT2D eigenvalue weighted by molar-refractivity contribution is 0.655. The fourth-order valence-corrected chi connectivity index (χ4v) is 1.23. The van der Waals surface area contributed by atoms with Crippen molar-refractivity contribution < 1.29 is 4.21 Å². The van der Waals surface area contributed by atoms with Crippen molar-refractivity contribution in [3.63, 3.8) is 0 Å². The molecule has 0 saturated carbocycles. The minimum Gasteiger partial charge on any atom is -0.253 e. The standard InChI is InChI=1S/C7H11NOS/c1-6(5-8)10(9)7(2,3)4/h1H2,2-4H3. The number of hydrogen-bond donors (Lipinski definition) is 0. The minimum atomic E-state index is -1.24. The van der Waals surface area contributed by atoms with Crippen LogP contribution in [0.25, 0.3) is 0 Å². The van der Waals surface area contributed by atoms with Gasteiger partial charge in [0.1, 0.15) is 11.0 Å². The van der Waals surface area contributed by atoms with Gasteiger partial charge in [0.15, 0.2) is 0 Å². The van der Waals surface area contributed by atoms with Crippen molar-refractivity contribution in [2.45, 2.75) is 25.5 Å². The summed E-state index contributed by atoms with van der Waals surface area (Å²) in [6.45, 7) is 8.81. The Kier molecular flexibility index (Phi) is 2.79. The number of hydrogen-bond acceptors (Lipinski definition) is 2. The van der Waals surface area contributed by atoms with E-state index in [4.69, 9.17) is 5.26 Å². The van der Waals surface area contributed by atoms with Crippen molar-refractivity contribution in [3.05, 3.63) is 11.5 Å². The smallest absolute Gasteiger partial charge is 0.109 e. The van der Waals surface area contributed by atoms with Crippen molar-refractivity contribution in [1.82, 2.24) is 0 Å². The Morgan fingerprint density at radius 3 is 2.10 bits per heavy atom. The molecular formula is C7H11NOS. The fraction of sp³-hybridized carbons (Fsp3) is 0.571. The molecule has 0 N–H and O–H groups in total. The molecule has 56 valence electrons. The summed E-state index contributed by atoms with van der Waals surface area (Å²) >= 11 is 0. The van der Waals surface area contributed by atoms with Gasteiger partial charge in [-0.15, -0.1) is 0 Å². The lowest BCUT2D eigenvalue weighted by Crippen LogP contribution is -2.21. The summed E-state index contributed by atoms with van der Waals surface area (Å²) in [5, 5.41) is 8.33. The first-order valence-corrected chi connectivity index (χ1v) is 4.05. The summed E-state index contributed by atoms with van der Waals surface area (Å²) in [5.74, 6) is 0. The summed E-state index contributed by atoms with van der Waals surface area (Å²) in [6, 6.07) is 1.78. The molecule has 0 aromatic rings.